The minimum atomic E-state index is -0.0572. The van der Waals surface area contributed by atoms with Crippen LogP contribution < -0.4 is 10.6 Å². The van der Waals surface area contributed by atoms with Crippen LogP contribution in [0.15, 0.2) is 0 Å². The Kier molecular flexibility index (Phi) is 5.47. The Hall–Kier alpha value is -0.810. The molecular formula is C18H33N3O2. The zero-order chi connectivity index (χ0) is 16.4. The molecule has 1 heterocycles. The van der Waals surface area contributed by atoms with E-state index in [1.54, 1.807) is 0 Å². The number of likely N-dealkylation sites (tertiary alicyclic amines) is 1. The first kappa shape index (κ1) is 17.0. The molecular weight excluding hydrogens is 290 g/mol. The van der Waals surface area contributed by atoms with E-state index >= 15 is 0 Å². The summed E-state index contributed by atoms with van der Waals surface area (Å²) in [5.74, 6) is 2.29. The molecule has 1 aliphatic heterocycles. The Balaban J connectivity index is 1.41. The van der Waals surface area contributed by atoms with Gasteiger partial charge in [-0.2, -0.15) is 0 Å². The molecule has 5 nitrogen and oxygen atoms in total. The van der Waals surface area contributed by atoms with Crippen molar-refractivity contribution in [1.29, 1.82) is 0 Å². The number of nitrogens with zero attached hydrogens (tertiary/aromatic N) is 1. The summed E-state index contributed by atoms with van der Waals surface area (Å²) in [7, 11) is 0. The Morgan fingerprint density at radius 2 is 1.91 bits per heavy atom. The van der Waals surface area contributed by atoms with Gasteiger partial charge in [0.1, 0.15) is 0 Å². The van der Waals surface area contributed by atoms with Crippen molar-refractivity contribution in [2.24, 2.45) is 23.7 Å². The summed E-state index contributed by atoms with van der Waals surface area (Å²) in [4.78, 5) is 14.7. The van der Waals surface area contributed by atoms with Gasteiger partial charge in [0.25, 0.3) is 0 Å². The Morgan fingerprint density at radius 3 is 2.61 bits per heavy atom. The minimum absolute atomic E-state index is 0.0572. The average Bonchev–Trinajstić information content (AvgIpc) is 3.14. The van der Waals surface area contributed by atoms with Gasteiger partial charge in [0.05, 0.1) is 0 Å². The van der Waals surface area contributed by atoms with E-state index in [2.05, 4.69) is 29.4 Å². The highest BCUT2D eigenvalue weighted by atomic mass is 16.3. The lowest BCUT2D eigenvalue weighted by molar-refractivity contribution is 0.137. The van der Waals surface area contributed by atoms with Gasteiger partial charge in [-0.15, -0.1) is 0 Å². The summed E-state index contributed by atoms with van der Waals surface area (Å²) < 4.78 is 0. The maximum atomic E-state index is 12.3. The second-order valence-electron chi connectivity index (χ2n) is 8.13. The SMILES string of the molecule is CC1CCN(C(C)CNC(=O)NC2C3CCC(C3)C2CO)CC1. The third-order valence-electron chi connectivity index (χ3n) is 6.60. The lowest BCUT2D eigenvalue weighted by Crippen LogP contribution is -2.52. The number of piperidine rings is 1. The molecule has 2 bridgehead atoms. The van der Waals surface area contributed by atoms with Crippen LogP contribution in [0, 0.1) is 23.7 Å². The maximum absolute atomic E-state index is 12.3. The molecule has 3 rings (SSSR count). The molecule has 132 valence electrons. The number of amides is 2. The van der Waals surface area contributed by atoms with Crippen LogP contribution in [0.1, 0.15) is 46.0 Å². The second kappa shape index (κ2) is 7.39. The van der Waals surface area contributed by atoms with Crippen molar-refractivity contribution in [3.63, 3.8) is 0 Å². The number of aliphatic hydroxyl groups is 1. The largest absolute Gasteiger partial charge is 0.396 e. The standard InChI is InChI=1S/C18H33N3O2/c1-12-5-7-21(8-6-12)13(2)10-19-18(23)20-17-15-4-3-14(9-15)16(17)11-22/h12-17,22H,3-11H2,1-2H3,(H2,19,20,23). The third-order valence-corrected chi connectivity index (χ3v) is 6.60. The fourth-order valence-electron chi connectivity index (χ4n) is 4.94. The summed E-state index contributed by atoms with van der Waals surface area (Å²) in [6, 6.07) is 0.505. The normalized spacial score (nSPS) is 36.1. The summed E-state index contributed by atoms with van der Waals surface area (Å²) in [6.07, 6.45) is 6.13. The number of carbonyl (C=O) groups excluding carboxylic acids is 1. The van der Waals surface area contributed by atoms with Crippen molar-refractivity contribution in [2.75, 3.05) is 26.2 Å². The van der Waals surface area contributed by atoms with Gasteiger partial charge in [-0.05, 0) is 69.9 Å². The van der Waals surface area contributed by atoms with Crippen LogP contribution in [-0.2, 0) is 0 Å². The molecule has 0 aromatic rings. The van der Waals surface area contributed by atoms with Crippen LogP contribution >= 0.6 is 0 Å². The van der Waals surface area contributed by atoms with E-state index in [4.69, 9.17) is 0 Å². The quantitative estimate of drug-likeness (QED) is 0.723. The first-order chi connectivity index (χ1) is 11.1. The van der Waals surface area contributed by atoms with Gasteiger partial charge in [0.15, 0.2) is 0 Å². The molecule has 3 N–H and O–H groups in total. The van der Waals surface area contributed by atoms with Gasteiger partial charge < -0.3 is 15.7 Å². The Morgan fingerprint density at radius 1 is 1.22 bits per heavy atom. The average molecular weight is 323 g/mol. The number of aliphatic hydroxyl groups excluding tert-OH is 1. The molecule has 3 aliphatic rings. The summed E-state index contributed by atoms with van der Waals surface area (Å²) >= 11 is 0. The van der Waals surface area contributed by atoms with Gasteiger partial charge in [0, 0.05) is 31.2 Å². The lowest BCUT2D eigenvalue weighted by atomic mass is 9.85. The van der Waals surface area contributed by atoms with E-state index in [-0.39, 0.29) is 24.6 Å². The van der Waals surface area contributed by atoms with Crippen LogP contribution in [0.3, 0.4) is 0 Å². The summed E-state index contributed by atoms with van der Waals surface area (Å²) in [5.41, 5.74) is 0. The van der Waals surface area contributed by atoms with E-state index in [0.29, 0.717) is 24.4 Å². The Bertz CT molecular complexity index is 409. The number of nitrogens with one attached hydrogen (secondary N) is 2. The highest BCUT2D eigenvalue weighted by Crippen LogP contribution is 2.48. The first-order valence-corrected chi connectivity index (χ1v) is 9.47. The minimum Gasteiger partial charge on any atom is -0.396 e. The molecule has 1 saturated heterocycles. The van der Waals surface area contributed by atoms with Gasteiger partial charge in [-0.1, -0.05) is 6.92 Å². The van der Waals surface area contributed by atoms with Gasteiger partial charge in [-0.3, -0.25) is 4.90 Å². The van der Waals surface area contributed by atoms with E-state index in [0.717, 1.165) is 19.0 Å². The van der Waals surface area contributed by atoms with E-state index < -0.39 is 0 Å². The molecule has 2 amide bonds. The topological polar surface area (TPSA) is 64.6 Å². The molecule has 0 aromatic carbocycles. The van der Waals surface area contributed by atoms with E-state index in [1.807, 2.05) is 0 Å². The van der Waals surface area contributed by atoms with Gasteiger partial charge >= 0.3 is 6.03 Å². The molecule has 0 spiro atoms. The fourth-order valence-corrected chi connectivity index (χ4v) is 4.94. The number of urea groups is 1. The number of hydrogen-bond donors (Lipinski definition) is 3. The summed E-state index contributed by atoms with van der Waals surface area (Å²) in [5, 5.41) is 15.8. The van der Waals surface area contributed by atoms with Crippen LogP contribution in [0.2, 0.25) is 0 Å². The predicted octanol–water partition coefficient (Wildman–Crippen LogP) is 1.81. The van der Waals surface area contributed by atoms with Crippen LogP contribution in [-0.4, -0.2) is 54.4 Å². The van der Waals surface area contributed by atoms with Crippen molar-refractivity contribution >= 4 is 6.03 Å². The smallest absolute Gasteiger partial charge is 0.315 e. The van der Waals surface area contributed by atoms with Crippen molar-refractivity contribution in [1.82, 2.24) is 15.5 Å². The predicted molar refractivity (Wildman–Crippen MR) is 91.2 cm³/mol. The molecule has 5 heteroatoms. The highest BCUT2D eigenvalue weighted by molar-refractivity contribution is 5.74. The van der Waals surface area contributed by atoms with E-state index in [1.165, 1.54) is 32.1 Å². The zero-order valence-electron chi connectivity index (χ0n) is 14.6. The van der Waals surface area contributed by atoms with Crippen LogP contribution in [0.4, 0.5) is 4.79 Å². The molecule has 5 atom stereocenters. The number of carbonyl (C=O) groups is 1. The van der Waals surface area contributed by atoms with Gasteiger partial charge in [-0.25, -0.2) is 4.79 Å². The number of hydrogen-bond acceptors (Lipinski definition) is 3. The lowest BCUT2D eigenvalue weighted by Gasteiger charge is -2.35. The zero-order valence-corrected chi connectivity index (χ0v) is 14.6. The molecule has 2 saturated carbocycles. The number of fused-ring (bicyclic) bond motifs is 2. The first-order valence-electron chi connectivity index (χ1n) is 9.47. The Labute approximate surface area is 140 Å². The van der Waals surface area contributed by atoms with Crippen molar-refractivity contribution in [3.05, 3.63) is 0 Å². The monoisotopic (exact) mass is 323 g/mol. The molecule has 0 radical (unpaired) electrons. The number of rotatable bonds is 5. The molecule has 5 unspecified atom stereocenters. The second-order valence-corrected chi connectivity index (χ2v) is 8.13. The fraction of sp³-hybridized carbons (Fsp3) is 0.944. The molecule has 3 fully saturated rings. The van der Waals surface area contributed by atoms with Crippen molar-refractivity contribution in [2.45, 2.75) is 58.0 Å². The maximum Gasteiger partial charge on any atom is 0.315 e. The molecule has 2 aliphatic carbocycles. The van der Waals surface area contributed by atoms with Crippen LogP contribution in [0.25, 0.3) is 0 Å². The molecule has 0 aromatic heterocycles. The van der Waals surface area contributed by atoms with E-state index in [9.17, 15) is 9.90 Å². The third kappa shape index (κ3) is 3.82. The van der Waals surface area contributed by atoms with Gasteiger partial charge in [0.2, 0.25) is 0 Å². The van der Waals surface area contributed by atoms with Crippen molar-refractivity contribution in [3.8, 4) is 0 Å². The van der Waals surface area contributed by atoms with Crippen LogP contribution in [0.5, 0.6) is 0 Å². The molecule has 23 heavy (non-hydrogen) atoms. The highest BCUT2D eigenvalue weighted by Gasteiger charge is 2.47. The van der Waals surface area contributed by atoms with Crippen molar-refractivity contribution < 1.29 is 9.90 Å². The summed E-state index contributed by atoms with van der Waals surface area (Å²) in [6.45, 7) is 7.71.